The van der Waals surface area contributed by atoms with E-state index in [1.54, 1.807) is 48.5 Å². The van der Waals surface area contributed by atoms with E-state index in [0.717, 1.165) is 10.5 Å². The third-order valence-corrected chi connectivity index (χ3v) is 6.82. The van der Waals surface area contributed by atoms with Crippen LogP contribution in [0.5, 0.6) is 5.75 Å². The van der Waals surface area contributed by atoms with Crippen LogP contribution in [0.4, 0.5) is 17.1 Å². The quantitative estimate of drug-likeness (QED) is 0.210. The molecule has 0 unspecified atom stereocenters. The Balaban J connectivity index is 1.24. The van der Waals surface area contributed by atoms with Crippen molar-refractivity contribution in [3.63, 3.8) is 0 Å². The van der Waals surface area contributed by atoms with E-state index in [1.807, 2.05) is 30.3 Å². The molecule has 7 nitrogen and oxygen atoms in total. The fourth-order valence-electron chi connectivity index (χ4n) is 3.95. The molecule has 1 aliphatic rings. The van der Waals surface area contributed by atoms with Crippen LogP contribution in [0.25, 0.3) is 0 Å². The summed E-state index contributed by atoms with van der Waals surface area (Å²) < 4.78 is 5.78. The van der Waals surface area contributed by atoms with Crippen molar-refractivity contribution in [2.45, 2.75) is 6.61 Å². The number of benzene rings is 4. The van der Waals surface area contributed by atoms with Crippen LogP contribution in [-0.2, 0) is 16.2 Å². The van der Waals surface area contributed by atoms with Gasteiger partial charge in [-0.1, -0.05) is 71.2 Å². The molecule has 4 aromatic rings. The van der Waals surface area contributed by atoms with Crippen LogP contribution in [-0.4, -0.2) is 17.7 Å². The van der Waals surface area contributed by atoms with E-state index in [1.165, 1.54) is 18.2 Å². The van der Waals surface area contributed by atoms with E-state index in [0.29, 0.717) is 34.3 Å². The molecule has 0 spiro atoms. The number of carbonyl (C=O) groups excluding carboxylic acids is 3. The van der Waals surface area contributed by atoms with Gasteiger partial charge in [-0.2, -0.15) is 0 Å². The molecule has 0 saturated carbocycles. The molecule has 4 aromatic carbocycles. The molecule has 0 atom stereocenters. The average Bonchev–Trinajstić information content (AvgIpc) is 3.16. The zero-order chi connectivity index (χ0) is 28.2. The number of ether oxygens (including phenoxy) is 1. The van der Waals surface area contributed by atoms with E-state index in [9.17, 15) is 14.4 Å². The second kappa shape index (κ2) is 11.8. The van der Waals surface area contributed by atoms with E-state index < -0.39 is 11.8 Å². The number of amides is 3. The molecule has 3 amide bonds. The number of imide groups is 1. The third kappa shape index (κ3) is 5.97. The number of anilines is 3. The zero-order valence-corrected chi connectivity index (χ0v) is 22.9. The van der Waals surface area contributed by atoms with Gasteiger partial charge >= 0.3 is 0 Å². The van der Waals surface area contributed by atoms with Crippen LogP contribution in [0.15, 0.2) is 108 Å². The molecule has 1 heterocycles. The minimum absolute atomic E-state index is 0.120. The normalized spacial score (nSPS) is 13.0. The van der Waals surface area contributed by atoms with Crippen molar-refractivity contribution in [1.29, 1.82) is 0 Å². The average molecular weight is 593 g/mol. The first kappa shape index (κ1) is 27.3. The van der Waals surface area contributed by atoms with E-state index >= 15 is 0 Å². The van der Waals surface area contributed by atoms with Crippen LogP contribution in [0.3, 0.4) is 0 Å². The molecule has 0 aromatic heterocycles. The lowest BCUT2D eigenvalue weighted by atomic mass is 10.1. The monoisotopic (exact) mass is 591 g/mol. The lowest BCUT2D eigenvalue weighted by molar-refractivity contribution is -0.120. The van der Waals surface area contributed by atoms with Crippen molar-refractivity contribution >= 4 is 69.6 Å². The minimum Gasteiger partial charge on any atom is -0.489 e. The van der Waals surface area contributed by atoms with Crippen LogP contribution < -0.4 is 20.3 Å². The van der Waals surface area contributed by atoms with E-state index in [-0.39, 0.29) is 27.3 Å². The molecule has 0 aliphatic carbocycles. The first-order chi connectivity index (χ1) is 19.3. The maximum atomic E-state index is 13.1. The van der Waals surface area contributed by atoms with Gasteiger partial charge in [0.05, 0.1) is 10.7 Å². The molecular formula is C30H20Cl3N3O4. The van der Waals surface area contributed by atoms with Crippen molar-refractivity contribution < 1.29 is 19.1 Å². The summed E-state index contributed by atoms with van der Waals surface area (Å²) >= 11 is 18.4. The van der Waals surface area contributed by atoms with Crippen LogP contribution in [0, 0.1) is 0 Å². The minimum atomic E-state index is -0.733. The second-order valence-corrected chi connectivity index (χ2v) is 9.91. The number of hydrogen-bond acceptors (Lipinski definition) is 5. The number of carbonyl (C=O) groups is 3. The summed E-state index contributed by atoms with van der Waals surface area (Å²) in [7, 11) is 0. The highest BCUT2D eigenvalue weighted by molar-refractivity contribution is 6.54. The molecule has 0 bridgehead atoms. The Labute approximate surface area is 244 Å². The van der Waals surface area contributed by atoms with Crippen LogP contribution in [0.1, 0.15) is 15.9 Å². The first-order valence-corrected chi connectivity index (χ1v) is 13.1. The molecular weight excluding hydrogens is 573 g/mol. The summed E-state index contributed by atoms with van der Waals surface area (Å²) in [5, 5.41) is 5.86. The molecule has 40 heavy (non-hydrogen) atoms. The van der Waals surface area contributed by atoms with Gasteiger partial charge in [0.2, 0.25) is 0 Å². The lowest BCUT2D eigenvalue weighted by Crippen LogP contribution is -2.32. The van der Waals surface area contributed by atoms with Gasteiger partial charge in [0.1, 0.15) is 23.1 Å². The highest BCUT2D eigenvalue weighted by atomic mass is 35.5. The molecule has 1 aliphatic heterocycles. The second-order valence-electron chi connectivity index (χ2n) is 8.69. The molecule has 200 valence electrons. The number of nitrogens with one attached hydrogen (secondary N) is 2. The predicted molar refractivity (Wildman–Crippen MR) is 157 cm³/mol. The number of hydrogen-bond donors (Lipinski definition) is 2. The Morgan fingerprint density at radius 3 is 2.25 bits per heavy atom. The molecule has 0 saturated heterocycles. The van der Waals surface area contributed by atoms with E-state index in [2.05, 4.69) is 10.6 Å². The summed E-state index contributed by atoms with van der Waals surface area (Å²) in [4.78, 5) is 39.7. The zero-order valence-electron chi connectivity index (χ0n) is 20.7. The van der Waals surface area contributed by atoms with Gasteiger partial charge in [-0.15, -0.1) is 0 Å². The van der Waals surface area contributed by atoms with Gasteiger partial charge < -0.3 is 15.4 Å². The lowest BCUT2D eigenvalue weighted by Gasteiger charge is -2.16. The molecule has 5 rings (SSSR count). The maximum Gasteiger partial charge on any atom is 0.283 e. The van der Waals surface area contributed by atoms with Crippen LogP contribution >= 0.6 is 34.8 Å². The summed E-state index contributed by atoms with van der Waals surface area (Å²) in [5.74, 6) is -1.12. The highest BCUT2D eigenvalue weighted by Crippen LogP contribution is 2.35. The summed E-state index contributed by atoms with van der Waals surface area (Å²) in [6.07, 6.45) is 0. The number of rotatable bonds is 8. The topological polar surface area (TPSA) is 87.7 Å². The van der Waals surface area contributed by atoms with Gasteiger partial charge in [-0.25, -0.2) is 4.90 Å². The smallest absolute Gasteiger partial charge is 0.283 e. The third-order valence-electron chi connectivity index (χ3n) is 5.93. The molecule has 0 radical (unpaired) electrons. The van der Waals surface area contributed by atoms with Gasteiger partial charge in [-0.05, 0) is 66.2 Å². The van der Waals surface area contributed by atoms with Crippen molar-refractivity contribution in [1.82, 2.24) is 0 Å². The Bertz CT molecular complexity index is 1640. The largest absolute Gasteiger partial charge is 0.489 e. The van der Waals surface area contributed by atoms with Gasteiger partial charge in [-0.3, -0.25) is 14.4 Å². The Hall–Kier alpha value is -4.30. The molecule has 2 N–H and O–H groups in total. The van der Waals surface area contributed by atoms with Crippen molar-refractivity contribution in [3.05, 3.63) is 129 Å². The van der Waals surface area contributed by atoms with Crippen molar-refractivity contribution in [2.75, 3.05) is 15.5 Å². The van der Waals surface area contributed by atoms with Gasteiger partial charge in [0, 0.05) is 22.0 Å². The number of nitrogens with zero attached hydrogens (tertiary/aromatic N) is 1. The van der Waals surface area contributed by atoms with Crippen LogP contribution in [0.2, 0.25) is 10.0 Å². The number of halogens is 3. The van der Waals surface area contributed by atoms with Crippen molar-refractivity contribution in [3.8, 4) is 5.75 Å². The molecule has 10 heteroatoms. The standard InChI is InChI=1S/C30H20Cl3N3O4/c31-20-9-14-25(24(32)16-20)36-29(38)26(33)27(30(36)39)34-22-8-4-7-19(15-22)28(37)35-21-10-12-23(13-11-21)40-17-18-5-2-1-3-6-18/h1-16,34H,17H2,(H,35,37). The van der Waals surface area contributed by atoms with E-state index in [4.69, 9.17) is 39.5 Å². The maximum absolute atomic E-state index is 13.1. The molecule has 0 fully saturated rings. The van der Waals surface area contributed by atoms with Crippen molar-refractivity contribution in [2.24, 2.45) is 0 Å². The Morgan fingerprint density at radius 2 is 1.52 bits per heavy atom. The fraction of sp³-hybridized carbons (Fsp3) is 0.0333. The summed E-state index contributed by atoms with van der Waals surface area (Å²) in [6, 6.07) is 27.7. The summed E-state index contributed by atoms with van der Waals surface area (Å²) in [5.41, 5.74) is 2.35. The van der Waals surface area contributed by atoms with Gasteiger partial charge in [0.25, 0.3) is 17.7 Å². The fourth-order valence-corrected chi connectivity index (χ4v) is 4.66. The van der Waals surface area contributed by atoms with Gasteiger partial charge in [0.15, 0.2) is 0 Å². The predicted octanol–water partition coefficient (Wildman–Crippen LogP) is 7.26. The first-order valence-electron chi connectivity index (χ1n) is 12.0. The SMILES string of the molecule is O=C(Nc1ccc(OCc2ccccc2)cc1)c1cccc(NC2=C(Cl)C(=O)N(c3ccc(Cl)cc3Cl)C2=O)c1. The Kier molecular flexibility index (Phi) is 8.07. The highest BCUT2D eigenvalue weighted by Gasteiger charge is 2.39. The Morgan fingerprint density at radius 1 is 0.775 bits per heavy atom. The summed E-state index contributed by atoms with van der Waals surface area (Å²) in [6.45, 7) is 0.436.